The predicted molar refractivity (Wildman–Crippen MR) is 104 cm³/mol. The van der Waals surface area contributed by atoms with Gasteiger partial charge in [-0.05, 0) is 57.8 Å². The van der Waals surface area contributed by atoms with Crippen molar-refractivity contribution in [3.05, 3.63) is 30.1 Å². The molecule has 0 spiro atoms. The molecule has 4 rings (SSSR count). The second kappa shape index (κ2) is 7.48. The highest BCUT2D eigenvalue weighted by molar-refractivity contribution is 5.76. The zero-order valence-corrected chi connectivity index (χ0v) is 15.9. The van der Waals surface area contributed by atoms with Gasteiger partial charge in [0.15, 0.2) is 0 Å². The Morgan fingerprint density at radius 3 is 2.67 bits per heavy atom. The third-order valence-electron chi connectivity index (χ3n) is 5.86. The number of imidazole rings is 1. The highest BCUT2D eigenvalue weighted by Gasteiger charge is 2.36. The molecule has 0 aliphatic carbocycles. The number of aliphatic hydroxyl groups is 1. The summed E-state index contributed by atoms with van der Waals surface area (Å²) in [6.07, 6.45) is 3.72. The Bertz CT molecular complexity index is 758. The molecule has 2 saturated heterocycles. The van der Waals surface area contributed by atoms with Gasteiger partial charge in [-0.3, -0.25) is 0 Å². The minimum absolute atomic E-state index is 0.0915. The Kier molecular flexibility index (Phi) is 5.06. The average molecular weight is 371 g/mol. The summed E-state index contributed by atoms with van der Waals surface area (Å²) in [6, 6.07) is 7.56. The highest BCUT2D eigenvalue weighted by Crippen LogP contribution is 2.25. The van der Waals surface area contributed by atoms with Gasteiger partial charge in [0, 0.05) is 19.6 Å². The molecule has 2 fully saturated rings. The Balaban J connectivity index is 1.31. The minimum atomic E-state index is -0.661. The summed E-state index contributed by atoms with van der Waals surface area (Å²) in [5.74, 6) is 0.757. The van der Waals surface area contributed by atoms with Crippen molar-refractivity contribution in [3.8, 4) is 0 Å². The number of carbonyl (C=O) groups excluding carboxylic acids is 1. The maximum atomic E-state index is 12.6. The molecule has 2 aliphatic heterocycles. The number of amides is 2. The number of nitrogens with one attached hydrogen (secondary N) is 2. The first-order chi connectivity index (χ1) is 13.0. The fourth-order valence-electron chi connectivity index (χ4n) is 4.16. The number of aromatic amines is 1. The molecule has 2 aliphatic rings. The lowest BCUT2D eigenvalue weighted by molar-refractivity contribution is -0.0340. The Labute approximate surface area is 159 Å². The Hall–Kier alpha value is -2.12. The van der Waals surface area contributed by atoms with Crippen LogP contribution in [-0.2, 0) is 0 Å². The zero-order chi connectivity index (χ0) is 18.9. The number of para-hydroxylation sites is 2. The number of β-amino-alcohol motifs (C(OH)–C–C–N with tert-alkyl or cyclic N) is 1. The Morgan fingerprint density at radius 2 is 1.96 bits per heavy atom. The van der Waals surface area contributed by atoms with Gasteiger partial charge < -0.3 is 25.2 Å². The van der Waals surface area contributed by atoms with Crippen molar-refractivity contribution in [1.82, 2.24) is 25.1 Å². The van der Waals surface area contributed by atoms with E-state index in [1.165, 1.54) is 12.8 Å². The molecule has 0 radical (unpaired) electrons. The lowest BCUT2D eigenvalue weighted by Crippen LogP contribution is -2.53. The van der Waals surface area contributed by atoms with E-state index in [9.17, 15) is 9.90 Å². The van der Waals surface area contributed by atoms with E-state index in [-0.39, 0.29) is 12.1 Å². The van der Waals surface area contributed by atoms with Gasteiger partial charge >= 0.3 is 6.03 Å². The molecule has 146 valence electrons. The van der Waals surface area contributed by atoms with Crippen molar-refractivity contribution in [3.63, 3.8) is 0 Å². The second-order valence-electron chi connectivity index (χ2n) is 8.01. The number of likely N-dealkylation sites (tertiary alicyclic amines) is 2. The largest absolute Gasteiger partial charge is 0.388 e. The summed E-state index contributed by atoms with van der Waals surface area (Å²) >= 11 is 0. The second-order valence-corrected chi connectivity index (χ2v) is 8.01. The number of piperidine rings is 1. The van der Waals surface area contributed by atoms with Crippen LogP contribution in [0.4, 0.5) is 4.79 Å². The van der Waals surface area contributed by atoms with Crippen LogP contribution in [-0.4, -0.2) is 69.2 Å². The van der Waals surface area contributed by atoms with Gasteiger partial charge in [0.1, 0.15) is 5.82 Å². The van der Waals surface area contributed by atoms with Crippen molar-refractivity contribution < 1.29 is 9.90 Å². The molecule has 1 atom stereocenters. The fourth-order valence-corrected chi connectivity index (χ4v) is 4.16. The smallest absolute Gasteiger partial charge is 0.317 e. The molecule has 1 aromatic heterocycles. The molecule has 2 aromatic rings. The molecule has 0 saturated carbocycles. The SMILES string of the molecule is C[C@@H](NC(=O)N1CCC(O)(CN2CCCC2)CC1)c1nc2ccccc2[nH]1. The molecule has 2 amide bonds. The van der Waals surface area contributed by atoms with Crippen LogP contribution in [0.25, 0.3) is 11.0 Å². The number of H-pyrrole nitrogens is 1. The first kappa shape index (κ1) is 18.3. The Morgan fingerprint density at radius 1 is 1.26 bits per heavy atom. The normalized spacial score (nSPS) is 21.5. The summed E-state index contributed by atoms with van der Waals surface area (Å²) in [7, 11) is 0. The number of hydrogen-bond acceptors (Lipinski definition) is 4. The van der Waals surface area contributed by atoms with Crippen LogP contribution in [0, 0.1) is 0 Å². The maximum absolute atomic E-state index is 12.6. The number of hydrogen-bond donors (Lipinski definition) is 3. The van der Waals surface area contributed by atoms with Crippen LogP contribution < -0.4 is 5.32 Å². The van der Waals surface area contributed by atoms with Crippen molar-refractivity contribution >= 4 is 17.1 Å². The quantitative estimate of drug-likeness (QED) is 0.770. The summed E-state index contributed by atoms with van der Waals surface area (Å²) in [5, 5.41) is 13.9. The van der Waals surface area contributed by atoms with Gasteiger partial charge in [0.25, 0.3) is 0 Å². The molecule has 3 N–H and O–H groups in total. The van der Waals surface area contributed by atoms with E-state index in [2.05, 4.69) is 20.2 Å². The van der Waals surface area contributed by atoms with Crippen molar-refractivity contribution in [2.75, 3.05) is 32.7 Å². The van der Waals surface area contributed by atoms with Crippen LogP contribution in [0.2, 0.25) is 0 Å². The fraction of sp³-hybridized carbons (Fsp3) is 0.600. The van der Waals surface area contributed by atoms with E-state index in [0.717, 1.165) is 36.5 Å². The summed E-state index contributed by atoms with van der Waals surface area (Å²) in [4.78, 5) is 24.6. The molecular weight excluding hydrogens is 342 g/mol. The zero-order valence-electron chi connectivity index (χ0n) is 15.9. The average Bonchev–Trinajstić information content (AvgIpc) is 3.31. The number of nitrogens with zero attached hydrogens (tertiary/aromatic N) is 3. The van der Waals surface area contributed by atoms with E-state index in [1.54, 1.807) is 4.90 Å². The van der Waals surface area contributed by atoms with E-state index < -0.39 is 5.60 Å². The highest BCUT2D eigenvalue weighted by atomic mass is 16.3. The number of benzene rings is 1. The summed E-state index contributed by atoms with van der Waals surface area (Å²) in [6.45, 7) is 6.01. The maximum Gasteiger partial charge on any atom is 0.317 e. The number of aromatic nitrogens is 2. The van der Waals surface area contributed by atoms with Gasteiger partial charge in [-0.2, -0.15) is 0 Å². The monoisotopic (exact) mass is 371 g/mol. The lowest BCUT2D eigenvalue weighted by atomic mass is 9.91. The van der Waals surface area contributed by atoms with Crippen molar-refractivity contribution in [2.45, 2.75) is 44.2 Å². The van der Waals surface area contributed by atoms with E-state index in [0.29, 0.717) is 25.9 Å². The summed E-state index contributed by atoms with van der Waals surface area (Å²) in [5.41, 5.74) is 1.21. The van der Waals surface area contributed by atoms with Crippen LogP contribution in [0.1, 0.15) is 44.5 Å². The third-order valence-corrected chi connectivity index (χ3v) is 5.86. The summed E-state index contributed by atoms with van der Waals surface area (Å²) < 4.78 is 0. The van der Waals surface area contributed by atoms with Gasteiger partial charge in [-0.1, -0.05) is 12.1 Å². The molecule has 7 nitrogen and oxygen atoms in total. The number of fused-ring (bicyclic) bond motifs is 1. The standard InChI is InChI=1S/C20H29N5O2/c1-15(18-22-16-6-2-3-7-17(16)23-18)21-19(26)25-12-8-20(27,9-13-25)14-24-10-4-5-11-24/h2-3,6-7,15,27H,4-5,8-14H2,1H3,(H,21,26)(H,22,23)/t15-/m1/s1. The first-order valence-electron chi connectivity index (χ1n) is 9.97. The van der Waals surface area contributed by atoms with Crippen LogP contribution in [0.3, 0.4) is 0 Å². The van der Waals surface area contributed by atoms with Gasteiger partial charge in [-0.25, -0.2) is 9.78 Å². The first-order valence-corrected chi connectivity index (χ1v) is 9.97. The molecule has 0 bridgehead atoms. The van der Waals surface area contributed by atoms with Crippen LogP contribution >= 0.6 is 0 Å². The van der Waals surface area contributed by atoms with Crippen molar-refractivity contribution in [1.29, 1.82) is 0 Å². The molecule has 0 unspecified atom stereocenters. The number of carbonyl (C=O) groups is 1. The third kappa shape index (κ3) is 4.09. The number of rotatable bonds is 4. The number of urea groups is 1. The molecule has 27 heavy (non-hydrogen) atoms. The lowest BCUT2D eigenvalue weighted by Gasteiger charge is -2.40. The van der Waals surface area contributed by atoms with Crippen LogP contribution in [0.15, 0.2) is 24.3 Å². The van der Waals surface area contributed by atoms with Crippen LogP contribution in [0.5, 0.6) is 0 Å². The molecule has 7 heteroatoms. The van der Waals surface area contributed by atoms with E-state index in [1.807, 2.05) is 31.2 Å². The van der Waals surface area contributed by atoms with E-state index >= 15 is 0 Å². The molecular formula is C20H29N5O2. The molecule has 1 aromatic carbocycles. The van der Waals surface area contributed by atoms with E-state index in [4.69, 9.17) is 0 Å². The minimum Gasteiger partial charge on any atom is -0.388 e. The van der Waals surface area contributed by atoms with Crippen molar-refractivity contribution in [2.24, 2.45) is 0 Å². The van der Waals surface area contributed by atoms with Gasteiger partial charge in [0.2, 0.25) is 0 Å². The topological polar surface area (TPSA) is 84.5 Å². The van der Waals surface area contributed by atoms with Gasteiger partial charge in [-0.15, -0.1) is 0 Å². The van der Waals surface area contributed by atoms with Gasteiger partial charge in [0.05, 0.1) is 22.7 Å². The predicted octanol–water partition coefficient (Wildman–Crippen LogP) is 2.26. The molecule has 3 heterocycles.